The lowest BCUT2D eigenvalue weighted by Gasteiger charge is -2.36. The zero-order chi connectivity index (χ0) is 13.5. The van der Waals surface area contributed by atoms with E-state index < -0.39 is 0 Å². The highest BCUT2D eigenvalue weighted by Gasteiger charge is 2.20. The Labute approximate surface area is 117 Å². The van der Waals surface area contributed by atoms with Gasteiger partial charge in [0.25, 0.3) is 0 Å². The number of benzene rings is 1. The average Bonchev–Trinajstić information content (AvgIpc) is 2.45. The van der Waals surface area contributed by atoms with Crippen molar-refractivity contribution in [1.29, 1.82) is 0 Å². The average molecular weight is 261 g/mol. The minimum atomic E-state index is 0.739. The number of rotatable bonds is 6. The number of piperidine rings is 1. The van der Waals surface area contributed by atoms with Gasteiger partial charge in [0, 0.05) is 32.2 Å². The molecule has 2 rings (SSSR count). The molecule has 1 heterocycles. The van der Waals surface area contributed by atoms with Crippen molar-refractivity contribution in [2.75, 3.05) is 40.3 Å². The highest BCUT2D eigenvalue weighted by atomic mass is 15.2. The van der Waals surface area contributed by atoms with E-state index in [1.165, 1.54) is 31.5 Å². The molecule has 0 radical (unpaired) electrons. The standard InChI is InChI=1S/C16H27N3/c1-18(2)16-9-6-11-19(14-16)12-10-17-13-15-7-4-3-5-8-15/h3-5,7-8,16-17H,6,9-14H2,1-2H3. The van der Waals surface area contributed by atoms with E-state index in [1.807, 2.05) is 0 Å². The van der Waals surface area contributed by atoms with Crippen molar-refractivity contribution in [2.24, 2.45) is 0 Å². The van der Waals surface area contributed by atoms with Crippen LogP contribution in [0.4, 0.5) is 0 Å². The van der Waals surface area contributed by atoms with E-state index in [9.17, 15) is 0 Å². The highest BCUT2D eigenvalue weighted by Crippen LogP contribution is 2.12. The van der Waals surface area contributed by atoms with Gasteiger partial charge in [0.1, 0.15) is 0 Å². The van der Waals surface area contributed by atoms with Gasteiger partial charge in [-0.1, -0.05) is 30.3 Å². The molecule has 0 saturated carbocycles. The lowest BCUT2D eigenvalue weighted by atomic mass is 10.1. The summed E-state index contributed by atoms with van der Waals surface area (Å²) in [5, 5.41) is 3.54. The molecule has 0 spiro atoms. The molecule has 1 aliphatic rings. The summed E-state index contributed by atoms with van der Waals surface area (Å²) >= 11 is 0. The quantitative estimate of drug-likeness (QED) is 0.788. The molecule has 3 heteroatoms. The molecule has 1 atom stereocenters. The summed E-state index contributed by atoms with van der Waals surface area (Å²) in [6, 6.07) is 11.4. The maximum Gasteiger partial charge on any atom is 0.0217 e. The molecule has 1 fully saturated rings. The fourth-order valence-electron chi connectivity index (χ4n) is 2.72. The van der Waals surface area contributed by atoms with Gasteiger partial charge in [-0.15, -0.1) is 0 Å². The fraction of sp³-hybridized carbons (Fsp3) is 0.625. The molecule has 0 aromatic heterocycles. The van der Waals surface area contributed by atoms with Crippen LogP contribution in [0, 0.1) is 0 Å². The summed E-state index contributed by atoms with van der Waals surface area (Å²) in [4.78, 5) is 4.95. The topological polar surface area (TPSA) is 18.5 Å². The molecule has 1 aliphatic heterocycles. The number of likely N-dealkylation sites (tertiary alicyclic amines) is 1. The SMILES string of the molecule is CN(C)C1CCCN(CCNCc2ccccc2)C1. The van der Waals surface area contributed by atoms with Gasteiger partial charge in [-0.25, -0.2) is 0 Å². The van der Waals surface area contributed by atoms with E-state index in [2.05, 4.69) is 59.5 Å². The first-order valence-electron chi connectivity index (χ1n) is 7.39. The Balaban J connectivity index is 1.63. The van der Waals surface area contributed by atoms with E-state index in [0.29, 0.717) is 0 Å². The predicted octanol–water partition coefficient (Wildman–Crippen LogP) is 1.80. The number of nitrogens with zero attached hydrogens (tertiary/aromatic N) is 2. The predicted molar refractivity (Wildman–Crippen MR) is 81.3 cm³/mol. The maximum absolute atomic E-state index is 3.54. The van der Waals surface area contributed by atoms with Crippen LogP contribution >= 0.6 is 0 Å². The third-order valence-corrected chi connectivity index (χ3v) is 3.99. The summed E-state index contributed by atoms with van der Waals surface area (Å²) in [5.74, 6) is 0. The summed E-state index contributed by atoms with van der Waals surface area (Å²) < 4.78 is 0. The summed E-state index contributed by atoms with van der Waals surface area (Å²) in [6.07, 6.45) is 2.68. The smallest absolute Gasteiger partial charge is 0.0217 e. The molecule has 1 aromatic carbocycles. The van der Waals surface area contributed by atoms with E-state index in [-0.39, 0.29) is 0 Å². The lowest BCUT2D eigenvalue weighted by molar-refractivity contribution is 0.134. The second-order valence-electron chi connectivity index (χ2n) is 5.72. The monoisotopic (exact) mass is 261 g/mol. The first kappa shape index (κ1) is 14.5. The molecule has 0 amide bonds. The number of hydrogen-bond donors (Lipinski definition) is 1. The van der Waals surface area contributed by atoms with Gasteiger partial charge in [0.15, 0.2) is 0 Å². The van der Waals surface area contributed by atoms with E-state index in [1.54, 1.807) is 0 Å². The van der Waals surface area contributed by atoms with Gasteiger partial charge in [0.2, 0.25) is 0 Å². The molecular weight excluding hydrogens is 234 g/mol. The molecule has 0 bridgehead atoms. The third-order valence-electron chi connectivity index (χ3n) is 3.99. The summed E-state index contributed by atoms with van der Waals surface area (Å²) in [6.45, 7) is 5.70. The minimum absolute atomic E-state index is 0.739. The van der Waals surface area contributed by atoms with E-state index in [0.717, 1.165) is 25.7 Å². The largest absolute Gasteiger partial charge is 0.311 e. The zero-order valence-corrected chi connectivity index (χ0v) is 12.3. The number of nitrogens with one attached hydrogen (secondary N) is 1. The second kappa shape index (κ2) is 7.63. The van der Waals surface area contributed by atoms with Crippen molar-refractivity contribution in [3.63, 3.8) is 0 Å². The molecular formula is C16H27N3. The lowest BCUT2D eigenvalue weighted by Crippen LogP contribution is -2.46. The van der Waals surface area contributed by atoms with Crippen LogP contribution in [-0.2, 0) is 6.54 Å². The molecule has 1 saturated heterocycles. The molecule has 3 nitrogen and oxygen atoms in total. The number of likely N-dealkylation sites (N-methyl/N-ethyl adjacent to an activating group) is 1. The Morgan fingerprint density at radius 2 is 2.05 bits per heavy atom. The fourth-order valence-corrected chi connectivity index (χ4v) is 2.72. The van der Waals surface area contributed by atoms with E-state index in [4.69, 9.17) is 0 Å². The van der Waals surface area contributed by atoms with Crippen molar-refractivity contribution in [1.82, 2.24) is 15.1 Å². The van der Waals surface area contributed by atoms with Crippen LogP contribution in [0.3, 0.4) is 0 Å². The Bertz CT molecular complexity index is 350. The molecule has 1 unspecified atom stereocenters. The van der Waals surface area contributed by atoms with Crippen molar-refractivity contribution in [3.8, 4) is 0 Å². The van der Waals surface area contributed by atoms with Gasteiger partial charge in [-0.3, -0.25) is 0 Å². The van der Waals surface area contributed by atoms with Crippen LogP contribution in [0.25, 0.3) is 0 Å². The van der Waals surface area contributed by atoms with Crippen LogP contribution in [0.2, 0.25) is 0 Å². The molecule has 106 valence electrons. The number of hydrogen-bond acceptors (Lipinski definition) is 3. The Morgan fingerprint density at radius 1 is 1.26 bits per heavy atom. The van der Waals surface area contributed by atoms with Gasteiger partial charge in [-0.2, -0.15) is 0 Å². The normalized spacial score (nSPS) is 20.9. The van der Waals surface area contributed by atoms with Crippen LogP contribution in [-0.4, -0.2) is 56.1 Å². The van der Waals surface area contributed by atoms with Crippen molar-refractivity contribution in [2.45, 2.75) is 25.4 Å². The third kappa shape index (κ3) is 4.94. The van der Waals surface area contributed by atoms with Crippen molar-refractivity contribution >= 4 is 0 Å². The zero-order valence-electron chi connectivity index (χ0n) is 12.3. The Kier molecular flexibility index (Phi) is 5.83. The van der Waals surface area contributed by atoms with Crippen molar-refractivity contribution in [3.05, 3.63) is 35.9 Å². The van der Waals surface area contributed by atoms with Gasteiger partial charge >= 0.3 is 0 Å². The first-order valence-corrected chi connectivity index (χ1v) is 7.39. The van der Waals surface area contributed by atoms with E-state index >= 15 is 0 Å². The molecule has 1 N–H and O–H groups in total. The molecule has 0 aliphatic carbocycles. The Morgan fingerprint density at radius 3 is 2.79 bits per heavy atom. The maximum atomic E-state index is 3.54. The van der Waals surface area contributed by atoms with Crippen LogP contribution in [0.1, 0.15) is 18.4 Å². The van der Waals surface area contributed by atoms with Crippen LogP contribution < -0.4 is 5.32 Å². The van der Waals surface area contributed by atoms with Crippen molar-refractivity contribution < 1.29 is 0 Å². The summed E-state index contributed by atoms with van der Waals surface area (Å²) in [7, 11) is 4.39. The van der Waals surface area contributed by atoms with Crippen LogP contribution in [0.15, 0.2) is 30.3 Å². The highest BCUT2D eigenvalue weighted by molar-refractivity contribution is 5.14. The van der Waals surface area contributed by atoms with Gasteiger partial charge in [-0.05, 0) is 39.0 Å². The molecule has 19 heavy (non-hydrogen) atoms. The summed E-state index contributed by atoms with van der Waals surface area (Å²) in [5.41, 5.74) is 1.37. The minimum Gasteiger partial charge on any atom is -0.311 e. The van der Waals surface area contributed by atoms with Gasteiger partial charge < -0.3 is 15.1 Å². The molecule has 1 aromatic rings. The first-order chi connectivity index (χ1) is 9.25. The Hall–Kier alpha value is -0.900. The van der Waals surface area contributed by atoms with Crippen LogP contribution in [0.5, 0.6) is 0 Å². The second-order valence-corrected chi connectivity index (χ2v) is 5.72. The van der Waals surface area contributed by atoms with Gasteiger partial charge in [0.05, 0.1) is 0 Å².